The van der Waals surface area contributed by atoms with Gasteiger partial charge in [0, 0.05) is 18.7 Å². The van der Waals surface area contributed by atoms with Gasteiger partial charge in [-0.25, -0.2) is 9.78 Å². The number of hydrogen-bond acceptors (Lipinski definition) is 4. The van der Waals surface area contributed by atoms with Crippen molar-refractivity contribution in [1.82, 2.24) is 18.7 Å². The zero-order valence-electron chi connectivity index (χ0n) is 29.6. The van der Waals surface area contributed by atoms with Gasteiger partial charge in [-0.1, -0.05) is 123 Å². The van der Waals surface area contributed by atoms with Gasteiger partial charge < -0.3 is 4.57 Å². The maximum Gasteiger partial charge on any atom is 0.332 e. The van der Waals surface area contributed by atoms with Crippen LogP contribution in [-0.4, -0.2) is 24.5 Å². The fourth-order valence-electron chi connectivity index (χ4n) is 7.17. The molecule has 0 saturated heterocycles. The van der Waals surface area contributed by atoms with Crippen LogP contribution in [0.1, 0.15) is 42.9 Å². The summed E-state index contributed by atoms with van der Waals surface area (Å²) in [5, 5.41) is 3.47. The third-order valence-corrected chi connectivity index (χ3v) is 14.0. The van der Waals surface area contributed by atoms with Gasteiger partial charge in [-0.3, -0.25) is 18.7 Å². The van der Waals surface area contributed by atoms with Gasteiger partial charge in [0.2, 0.25) is 0 Å². The molecule has 0 bridgehead atoms. The standard InChI is InChI=1S/C44H42N4O3P/c1-3-29-46-42-41(43(50)47(30-4-2)44(46)51)48(31-39(49)35-27-25-34(26-28-35)33-17-9-5-10-18-33)40(45-42)32-52(36-19-11-6-12-20-36,37-21-13-7-14-22-37)38-23-15-8-16-24-38/h5-28H,3-4,29-32H2,1-2H3/q+1. The first-order valence-corrected chi connectivity index (χ1v) is 19.9. The number of ketones is 1. The number of Topliss-reactive ketones (excluding diaryl/α,β-unsaturated/α-hetero) is 1. The summed E-state index contributed by atoms with van der Waals surface area (Å²) in [6, 6.07) is 49.1. The van der Waals surface area contributed by atoms with Crippen molar-refractivity contribution in [2.45, 2.75) is 52.5 Å². The molecule has 8 heteroatoms. The first kappa shape index (κ1) is 34.8. The summed E-state index contributed by atoms with van der Waals surface area (Å²) >= 11 is 0. The van der Waals surface area contributed by atoms with Crippen molar-refractivity contribution in [2.75, 3.05) is 0 Å². The minimum absolute atomic E-state index is 0.0966. The maximum absolute atomic E-state index is 14.4. The predicted octanol–water partition coefficient (Wildman–Crippen LogP) is 7.22. The highest BCUT2D eigenvalue weighted by Crippen LogP contribution is 2.58. The van der Waals surface area contributed by atoms with Crippen LogP contribution in [-0.2, 0) is 25.8 Å². The molecule has 0 unspecified atom stereocenters. The molecular weight excluding hydrogens is 663 g/mol. The SMILES string of the molecule is CCCn1c(=O)c2c(nc(C[P+](c3ccccc3)(c3ccccc3)c3ccccc3)n2CC(=O)c2ccc(-c3ccccc3)cc2)n(CCC)c1=O. The molecule has 7 aromatic rings. The lowest BCUT2D eigenvalue weighted by molar-refractivity contribution is 0.0972. The Morgan fingerprint density at radius 3 is 1.54 bits per heavy atom. The number of carbonyl (C=O) groups excluding carboxylic acids is 1. The molecule has 0 fully saturated rings. The Balaban J connectivity index is 1.47. The summed E-state index contributed by atoms with van der Waals surface area (Å²) in [5.41, 5.74) is 2.46. The quantitative estimate of drug-likeness (QED) is 0.0938. The number of carbonyl (C=O) groups is 1. The lowest BCUT2D eigenvalue weighted by Gasteiger charge is -2.27. The van der Waals surface area contributed by atoms with Crippen LogP contribution in [0.5, 0.6) is 0 Å². The van der Waals surface area contributed by atoms with Crippen molar-refractivity contribution in [1.29, 1.82) is 0 Å². The van der Waals surface area contributed by atoms with Gasteiger partial charge in [-0.05, 0) is 60.4 Å². The Hall–Kier alpha value is -5.65. The first-order valence-electron chi connectivity index (χ1n) is 17.9. The number of benzene rings is 5. The van der Waals surface area contributed by atoms with Gasteiger partial charge in [0.15, 0.2) is 22.8 Å². The number of rotatable bonds is 13. The molecule has 52 heavy (non-hydrogen) atoms. The summed E-state index contributed by atoms with van der Waals surface area (Å²) < 4.78 is 4.75. The topological polar surface area (TPSA) is 78.9 Å². The molecular formula is C44H42N4O3P+. The van der Waals surface area contributed by atoms with E-state index < -0.39 is 12.8 Å². The summed E-state index contributed by atoms with van der Waals surface area (Å²) in [5.74, 6) is 0.461. The molecule has 260 valence electrons. The van der Waals surface area contributed by atoms with E-state index in [9.17, 15) is 14.4 Å². The van der Waals surface area contributed by atoms with Crippen molar-refractivity contribution < 1.29 is 4.79 Å². The van der Waals surface area contributed by atoms with Crippen LogP contribution in [0, 0.1) is 0 Å². The molecule has 7 rings (SSSR count). The van der Waals surface area contributed by atoms with Crippen molar-refractivity contribution in [3.8, 4) is 11.1 Å². The third-order valence-electron chi connectivity index (χ3n) is 9.67. The smallest absolute Gasteiger partial charge is 0.311 e. The molecule has 0 spiro atoms. The Morgan fingerprint density at radius 1 is 0.577 bits per heavy atom. The molecule has 0 amide bonds. The fourth-order valence-corrected chi connectivity index (χ4v) is 11.3. The average Bonchev–Trinajstić information content (AvgIpc) is 3.55. The highest BCUT2D eigenvalue weighted by Gasteiger charge is 2.47. The van der Waals surface area contributed by atoms with Crippen molar-refractivity contribution in [2.24, 2.45) is 0 Å². The molecule has 2 heterocycles. The summed E-state index contributed by atoms with van der Waals surface area (Å²) in [4.78, 5) is 47.8. The van der Waals surface area contributed by atoms with Gasteiger partial charge in [-0.2, -0.15) is 0 Å². The van der Waals surface area contributed by atoms with Crippen LogP contribution < -0.4 is 27.2 Å². The van der Waals surface area contributed by atoms with Gasteiger partial charge in [-0.15, -0.1) is 0 Å². The van der Waals surface area contributed by atoms with Gasteiger partial charge >= 0.3 is 5.69 Å². The van der Waals surface area contributed by atoms with Gasteiger partial charge in [0.05, 0.1) is 6.54 Å². The number of fused-ring (bicyclic) bond motifs is 1. The third kappa shape index (κ3) is 6.49. The number of aromatic nitrogens is 4. The average molecular weight is 706 g/mol. The molecule has 2 aromatic heterocycles. The predicted molar refractivity (Wildman–Crippen MR) is 214 cm³/mol. The van der Waals surface area contributed by atoms with Crippen molar-refractivity contribution in [3.63, 3.8) is 0 Å². The van der Waals surface area contributed by atoms with Crippen LogP contribution in [0.15, 0.2) is 155 Å². The minimum atomic E-state index is -2.49. The van der Waals surface area contributed by atoms with E-state index in [4.69, 9.17) is 4.98 Å². The molecule has 0 radical (unpaired) electrons. The van der Waals surface area contributed by atoms with Crippen LogP contribution in [0.2, 0.25) is 0 Å². The highest BCUT2D eigenvalue weighted by atomic mass is 31.2. The van der Waals surface area contributed by atoms with E-state index in [-0.39, 0.29) is 30.1 Å². The molecule has 0 saturated carbocycles. The van der Waals surface area contributed by atoms with Crippen LogP contribution >= 0.6 is 7.26 Å². The molecule has 7 nitrogen and oxygen atoms in total. The zero-order chi connectivity index (χ0) is 36.1. The summed E-state index contributed by atoms with van der Waals surface area (Å²) in [6.07, 6.45) is 1.74. The highest BCUT2D eigenvalue weighted by molar-refractivity contribution is 7.95. The van der Waals surface area contributed by atoms with Crippen LogP contribution in [0.3, 0.4) is 0 Å². The first-order chi connectivity index (χ1) is 25.5. The van der Waals surface area contributed by atoms with Gasteiger partial charge in [0.1, 0.15) is 29.3 Å². The Labute approximate surface area is 304 Å². The van der Waals surface area contributed by atoms with E-state index >= 15 is 0 Å². The lowest BCUT2D eigenvalue weighted by Crippen LogP contribution is -2.40. The Bertz CT molecular complexity index is 2320. The lowest BCUT2D eigenvalue weighted by atomic mass is 10.0. The molecule has 5 aromatic carbocycles. The van der Waals surface area contributed by atoms with E-state index in [1.54, 1.807) is 4.57 Å². The second-order valence-electron chi connectivity index (χ2n) is 13.0. The number of hydrogen-bond donors (Lipinski definition) is 0. The molecule has 0 N–H and O–H groups in total. The summed E-state index contributed by atoms with van der Waals surface area (Å²) in [6.45, 7) is 4.54. The monoisotopic (exact) mass is 705 g/mol. The van der Waals surface area contributed by atoms with E-state index in [0.717, 1.165) is 27.0 Å². The van der Waals surface area contributed by atoms with Crippen molar-refractivity contribution in [3.05, 3.63) is 178 Å². The van der Waals surface area contributed by atoms with E-state index in [1.165, 1.54) is 4.57 Å². The zero-order valence-corrected chi connectivity index (χ0v) is 30.5. The van der Waals surface area contributed by atoms with E-state index in [0.29, 0.717) is 42.6 Å². The van der Waals surface area contributed by atoms with E-state index in [1.807, 2.05) is 91.2 Å². The second kappa shape index (κ2) is 15.3. The number of nitrogens with zero attached hydrogens (tertiary/aromatic N) is 4. The van der Waals surface area contributed by atoms with Crippen molar-refractivity contribution >= 4 is 40.1 Å². The Morgan fingerprint density at radius 2 is 1.04 bits per heavy atom. The van der Waals surface area contributed by atoms with Gasteiger partial charge in [0.25, 0.3) is 5.56 Å². The number of aryl methyl sites for hydroxylation is 1. The molecule has 0 aliphatic heterocycles. The number of imidazole rings is 1. The molecule has 0 aliphatic carbocycles. The maximum atomic E-state index is 14.4. The minimum Gasteiger partial charge on any atom is -0.311 e. The largest absolute Gasteiger partial charge is 0.332 e. The molecule has 0 aliphatic rings. The second-order valence-corrected chi connectivity index (χ2v) is 16.5. The molecule has 0 atom stereocenters. The normalized spacial score (nSPS) is 11.6. The summed E-state index contributed by atoms with van der Waals surface area (Å²) in [7, 11) is -2.49. The van der Waals surface area contributed by atoms with E-state index in [2.05, 4.69) is 72.8 Å². The fraction of sp³-hybridized carbons (Fsp3) is 0.182. The van der Waals surface area contributed by atoms with Crippen LogP contribution in [0.4, 0.5) is 0 Å². The Kier molecular flexibility index (Phi) is 10.2. The van der Waals surface area contributed by atoms with Crippen LogP contribution in [0.25, 0.3) is 22.3 Å².